The maximum absolute atomic E-state index is 15.1. The molecule has 23 nitrogen and oxygen atoms in total. The Morgan fingerprint density at radius 2 is 0.709 bits per heavy atom. The van der Waals surface area contributed by atoms with Gasteiger partial charge in [0, 0.05) is 200 Å². The van der Waals surface area contributed by atoms with E-state index in [-0.39, 0.29) is 43.2 Å². The van der Waals surface area contributed by atoms with Gasteiger partial charge in [-0.25, -0.2) is 53.0 Å². The first-order valence-corrected chi connectivity index (χ1v) is 49.2. The zero-order chi connectivity index (χ0) is 92.8. The molecule has 0 bridgehead atoms. The van der Waals surface area contributed by atoms with Crippen molar-refractivity contribution in [3.05, 3.63) is 214 Å². The third-order valence-electron chi connectivity index (χ3n) is 28.8. The van der Waals surface area contributed by atoms with Gasteiger partial charge >= 0.3 is 0 Å². The van der Waals surface area contributed by atoms with Crippen molar-refractivity contribution in [3.63, 3.8) is 0 Å². The molecule has 4 aliphatic carbocycles. The van der Waals surface area contributed by atoms with Crippen molar-refractivity contribution in [2.24, 2.45) is 0 Å². The molecule has 3 N–H and O–H groups in total. The average Bonchev–Trinajstić information content (AvgIpc) is 1.11. The molecule has 0 amide bonds. The number of nitrogens with zero attached hydrogens (tertiary/aromatic N) is 17. The predicted molar refractivity (Wildman–Crippen MR) is 535 cm³/mol. The lowest BCUT2D eigenvalue weighted by atomic mass is 9.87. The van der Waals surface area contributed by atoms with Crippen molar-refractivity contribution in [2.75, 3.05) is 205 Å². The fourth-order valence-electron chi connectivity index (χ4n) is 20.3. The summed E-state index contributed by atoms with van der Waals surface area (Å²) in [5, 5.41) is 32.8. The molecule has 0 spiro atoms. The molecule has 12 aromatic rings. The number of hydrogen-bond acceptors (Lipinski definition) is 23. The van der Waals surface area contributed by atoms with Crippen LogP contribution in [0.2, 0.25) is 5.02 Å². The van der Waals surface area contributed by atoms with Crippen LogP contribution in [-0.4, -0.2) is 216 Å². The molecule has 4 aromatic heterocycles. The van der Waals surface area contributed by atoms with E-state index in [1.54, 1.807) is 39.5 Å². The van der Waals surface area contributed by atoms with Crippen LogP contribution in [0.3, 0.4) is 0 Å². The van der Waals surface area contributed by atoms with Gasteiger partial charge in [0.1, 0.15) is 81.3 Å². The SMILES string of the molecule is CCCN(C)c1cc2c(N3CCC(c4ccccc4N4CCC4)CC3)nc(C3CC3)nc2cc1F.COc1cc(F)ccc1C1CCN(c2nc(C3CC3)nc3ccc(N(C)CCO)cc23)CC1.COc1ccc(F)cc1C1CCN(c2nc(C3CC3)nc3ccc(N(C)CCO)cc23)CC1.COc1ccccc1C1CCN(c2nc(C3CC3)nc3cc(Cl)c(N(C)CCO)cc23)CC1. The van der Waals surface area contributed by atoms with Crippen molar-refractivity contribution in [2.45, 2.75) is 170 Å². The minimum atomic E-state index is -0.268. The molecule has 27 heteroatoms. The first kappa shape index (κ1) is 93.1. The fourth-order valence-corrected chi connectivity index (χ4v) is 20.6. The van der Waals surface area contributed by atoms with Crippen molar-refractivity contribution in [3.8, 4) is 17.2 Å². The summed E-state index contributed by atoms with van der Waals surface area (Å²) in [7, 11) is 12.9. The lowest BCUT2D eigenvalue weighted by Crippen LogP contribution is -2.39. The van der Waals surface area contributed by atoms with Gasteiger partial charge < -0.3 is 73.6 Å². The summed E-state index contributed by atoms with van der Waals surface area (Å²) in [5.74, 6) is 12.9. The Morgan fingerprint density at radius 1 is 0.336 bits per heavy atom. The fraction of sp³-hybridized carbons (Fsp3) is 0.477. The molecule has 4 saturated carbocycles. The third-order valence-corrected chi connectivity index (χ3v) is 29.1. The zero-order valence-electron chi connectivity index (χ0n) is 78.9. The molecular formula is C107H129ClF3N17O6. The van der Waals surface area contributed by atoms with E-state index < -0.39 is 0 Å². The standard InChI is InChI=1S/C29H36FN5.C26H31ClN4O2.2C26H31FN4O2/c1-3-13-33(2)27-18-23-25(19-24(27)30)31-28(21-9-10-21)32-29(23)35-16-11-20(12-17-35)22-7-4-5-8-26(22)34-14-6-15-34;1-30(13-14-32)23-15-20-22(16-21(23)27)28-25(18-7-8-18)29-26(20)31-11-9-17(10-12-31)19-5-3-4-6-24(19)33-2;1-30(13-14-32)20-6-7-23-22(16-20)26(29-25(28-23)18-3-4-18)31-11-9-17(10-12-31)21-15-19(27)5-8-24(21)33-2;1-30(13-14-32)20-6-8-23-22(16-20)26(29-25(28-23)18-3-4-18)31-11-9-17(10-12-31)21-7-5-19(27)15-24(21)33-2/h4-5,7-8,18-21H,3,6,9-17H2,1-2H3;3-6,15-18,32H,7-14H2,1-2H3;2*5-8,15-18,32H,3-4,9-14H2,1-2H3. The van der Waals surface area contributed by atoms with E-state index in [4.69, 9.17) is 65.7 Å². The normalized spacial score (nSPS) is 17.4. The van der Waals surface area contributed by atoms with Gasteiger partial charge in [0.15, 0.2) is 0 Å². The number of likely N-dealkylation sites (N-methyl/N-ethyl adjacent to an activating group) is 3. The first-order chi connectivity index (χ1) is 65.3. The zero-order valence-corrected chi connectivity index (χ0v) is 79.7. The van der Waals surface area contributed by atoms with E-state index in [1.807, 2.05) is 72.1 Å². The van der Waals surface area contributed by atoms with E-state index in [1.165, 1.54) is 54.5 Å². The molecule has 9 heterocycles. The van der Waals surface area contributed by atoms with Crippen molar-refractivity contribution >= 4 is 107 Å². The lowest BCUT2D eigenvalue weighted by Gasteiger charge is -2.39. The van der Waals surface area contributed by atoms with Crippen LogP contribution in [0.15, 0.2) is 146 Å². The van der Waals surface area contributed by atoms with Crippen molar-refractivity contribution in [1.29, 1.82) is 0 Å². The molecule has 0 unspecified atom stereocenters. The first-order valence-electron chi connectivity index (χ1n) is 48.8. The molecule has 5 aliphatic heterocycles. The minimum absolute atomic E-state index is 0.0747. The quantitative estimate of drug-likeness (QED) is 0.0415. The molecule has 8 aromatic carbocycles. The monoisotopic (exact) mass is 1840 g/mol. The number of rotatable bonds is 28. The van der Waals surface area contributed by atoms with Crippen molar-refractivity contribution < 1.29 is 42.7 Å². The molecule has 9 aliphatic rings. The van der Waals surface area contributed by atoms with Gasteiger partial charge in [-0.1, -0.05) is 61.0 Å². The molecule has 706 valence electrons. The van der Waals surface area contributed by atoms with E-state index in [2.05, 4.69) is 116 Å². The molecule has 9 fully saturated rings. The Balaban J connectivity index is 0.000000119. The summed E-state index contributed by atoms with van der Waals surface area (Å²) in [5.41, 5.74) is 13.5. The van der Waals surface area contributed by atoms with Crippen LogP contribution in [0.25, 0.3) is 43.6 Å². The highest BCUT2D eigenvalue weighted by atomic mass is 35.5. The van der Waals surface area contributed by atoms with E-state index in [0.717, 1.165) is 298 Å². The summed E-state index contributed by atoms with van der Waals surface area (Å²) < 4.78 is 59.2. The van der Waals surface area contributed by atoms with Crippen LogP contribution in [0.4, 0.5) is 64.9 Å². The summed E-state index contributed by atoms with van der Waals surface area (Å²) in [4.78, 5) is 59.8. The molecule has 5 saturated heterocycles. The average molecular weight is 1840 g/mol. The molecular weight excluding hydrogens is 1710 g/mol. The summed E-state index contributed by atoms with van der Waals surface area (Å²) in [6.45, 7) is 14.5. The third kappa shape index (κ3) is 21.0. The number of anilines is 9. The van der Waals surface area contributed by atoms with E-state index in [9.17, 15) is 24.1 Å². The Hall–Kier alpha value is -11.3. The number of halogens is 4. The summed E-state index contributed by atoms with van der Waals surface area (Å²) in [6.07, 6.45) is 19.6. The minimum Gasteiger partial charge on any atom is -0.496 e. The predicted octanol–water partition coefficient (Wildman–Crippen LogP) is 20.0. The van der Waals surface area contributed by atoms with Crippen LogP contribution < -0.4 is 58.3 Å². The van der Waals surface area contributed by atoms with Gasteiger partial charge in [0.25, 0.3) is 0 Å². The number of ether oxygens (including phenoxy) is 3. The van der Waals surface area contributed by atoms with E-state index in [0.29, 0.717) is 77.5 Å². The molecule has 0 radical (unpaired) electrons. The Kier molecular flexibility index (Phi) is 29.1. The maximum atomic E-state index is 15.1. The lowest BCUT2D eigenvalue weighted by molar-refractivity contribution is 0.304. The number of piperidine rings is 4. The van der Waals surface area contributed by atoms with Crippen LogP contribution in [0, 0.1) is 17.5 Å². The van der Waals surface area contributed by atoms with Crippen LogP contribution in [-0.2, 0) is 0 Å². The maximum Gasteiger partial charge on any atom is 0.148 e. The number of hydrogen-bond donors (Lipinski definition) is 3. The largest absolute Gasteiger partial charge is 0.496 e. The highest BCUT2D eigenvalue weighted by molar-refractivity contribution is 6.34. The van der Waals surface area contributed by atoms with Crippen molar-refractivity contribution in [1.82, 2.24) is 39.9 Å². The Labute approximate surface area is 790 Å². The Bertz CT molecular complexity index is 6110. The highest BCUT2D eigenvalue weighted by Crippen LogP contribution is 2.49. The number of aliphatic hydroxyl groups is 3. The van der Waals surface area contributed by atoms with Gasteiger partial charge in [0.2, 0.25) is 0 Å². The van der Waals surface area contributed by atoms with Gasteiger partial charge in [-0.3, -0.25) is 0 Å². The molecule has 0 atom stereocenters. The van der Waals surface area contributed by atoms with Gasteiger partial charge in [-0.15, -0.1) is 0 Å². The number of aromatic nitrogens is 8. The summed E-state index contributed by atoms with van der Waals surface area (Å²) in [6, 6.07) is 47.2. The highest BCUT2D eigenvalue weighted by Gasteiger charge is 2.38. The molecule has 134 heavy (non-hydrogen) atoms. The van der Waals surface area contributed by atoms with Gasteiger partial charge in [-0.2, -0.15) is 0 Å². The van der Waals surface area contributed by atoms with Crippen LogP contribution in [0.5, 0.6) is 17.2 Å². The second-order valence-electron chi connectivity index (χ2n) is 38.1. The smallest absolute Gasteiger partial charge is 0.148 e. The number of methoxy groups -OCH3 is 3. The number of aliphatic hydroxyl groups excluding tert-OH is 3. The topological polar surface area (TPSA) is 221 Å². The number of benzene rings is 8. The second kappa shape index (κ2) is 41.9. The Morgan fingerprint density at radius 3 is 1.15 bits per heavy atom. The van der Waals surface area contributed by atoms with Crippen LogP contribution in [0.1, 0.15) is 215 Å². The van der Waals surface area contributed by atoms with Gasteiger partial charge in [0.05, 0.1) is 79.6 Å². The molecule has 21 rings (SSSR count). The van der Waals surface area contributed by atoms with Crippen LogP contribution >= 0.6 is 11.6 Å². The summed E-state index contributed by atoms with van der Waals surface area (Å²) >= 11 is 6.63. The number of fused-ring (bicyclic) bond motifs is 4. The van der Waals surface area contributed by atoms with Gasteiger partial charge in [-0.05, 0) is 247 Å². The number of para-hydroxylation sites is 2. The van der Waals surface area contributed by atoms with E-state index >= 15 is 4.39 Å². The second-order valence-corrected chi connectivity index (χ2v) is 38.5.